The van der Waals surface area contributed by atoms with E-state index in [1.165, 1.54) is 29.4 Å². The van der Waals surface area contributed by atoms with E-state index >= 15 is 0 Å². The molecular formula is C16H24O2. The van der Waals surface area contributed by atoms with Crippen LogP contribution in [0, 0.1) is 0 Å². The van der Waals surface area contributed by atoms with Crippen molar-refractivity contribution in [3.63, 3.8) is 0 Å². The van der Waals surface area contributed by atoms with Gasteiger partial charge in [-0.15, -0.1) is 0 Å². The second-order valence-corrected chi connectivity index (χ2v) is 4.41. The number of rotatable bonds is 5. The maximum absolute atomic E-state index is 11.5. The molecule has 0 fully saturated rings. The second kappa shape index (κ2) is 6.58. The Balaban J connectivity index is 3.38. The molecule has 0 bridgehead atoms. The Hall–Kier alpha value is -1.31. The van der Waals surface area contributed by atoms with Gasteiger partial charge in [-0.1, -0.05) is 27.7 Å². The third-order valence-electron chi connectivity index (χ3n) is 3.62. The molecular weight excluding hydrogens is 224 g/mol. The van der Waals surface area contributed by atoms with Crippen LogP contribution in [0.15, 0.2) is 33.9 Å². The van der Waals surface area contributed by atoms with Crippen molar-refractivity contribution in [3.8, 4) is 0 Å². The summed E-state index contributed by atoms with van der Waals surface area (Å²) >= 11 is 0. The Kier molecular flexibility index (Phi) is 5.39. The molecule has 18 heavy (non-hydrogen) atoms. The van der Waals surface area contributed by atoms with Crippen LogP contribution in [0.5, 0.6) is 0 Å². The van der Waals surface area contributed by atoms with Gasteiger partial charge in [0, 0.05) is 6.08 Å². The zero-order valence-electron chi connectivity index (χ0n) is 12.2. The van der Waals surface area contributed by atoms with Gasteiger partial charge in [-0.25, -0.2) is 4.79 Å². The van der Waals surface area contributed by atoms with Gasteiger partial charge in [0.2, 0.25) is 0 Å². The molecule has 100 valence electrons. The highest BCUT2D eigenvalue weighted by molar-refractivity contribution is 5.86. The van der Waals surface area contributed by atoms with Crippen molar-refractivity contribution in [1.82, 2.24) is 0 Å². The summed E-state index contributed by atoms with van der Waals surface area (Å²) in [5.41, 5.74) is 6.65. The van der Waals surface area contributed by atoms with Crippen molar-refractivity contribution in [2.24, 2.45) is 0 Å². The Morgan fingerprint density at radius 3 is 1.56 bits per heavy atom. The lowest BCUT2D eigenvalue weighted by Gasteiger charge is -2.08. The molecule has 0 amide bonds. The van der Waals surface area contributed by atoms with Crippen LogP contribution in [-0.4, -0.2) is 13.1 Å². The van der Waals surface area contributed by atoms with Crippen molar-refractivity contribution < 1.29 is 9.53 Å². The van der Waals surface area contributed by atoms with Gasteiger partial charge in [0.05, 0.1) is 7.11 Å². The van der Waals surface area contributed by atoms with E-state index in [0.717, 1.165) is 31.3 Å². The quantitative estimate of drug-likeness (QED) is 0.534. The molecule has 2 heteroatoms. The SMILES string of the molecule is CCC1=C(CC)C(CC)=C(CC)C1=CC(=O)OC. The fraction of sp³-hybridized carbons (Fsp3) is 0.562. The molecule has 0 saturated heterocycles. The van der Waals surface area contributed by atoms with Gasteiger partial charge in [-0.3, -0.25) is 0 Å². The molecule has 2 nitrogen and oxygen atoms in total. The lowest BCUT2D eigenvalue weighted by atomic mass is 9.98. The first kappa shape index (κ1) is 14.7. The summed E-state index contributed by atoms with van der Waals surface area (Å²) in [5, 5.41) is 0. The minimum Gasteiger partial charge on any atom is -0.466 e. The average Bonchev–Trinajstić information content (AvgIpc) is 2.69. The molecule has 0 unspecified atom stereocenters. The highest BCUT2D eigenvalue weighted by Gasteiger charge is 2.25. The number of esters is 1. The number of methoxy groups -OCH3 is 1. The first-order valence-corrected chi connectivity index (χ1v) is 6.89. The summed E-state index contributed by atoms with van der Waals surface area (Å²) < 4.78 is 4.78. The second-order valence-electron chi connectivity index (χ2n) is 4.41. The van der Waals surface area contributed by atoms with E-state index in [0.29, 0.717) is 0 Å². The minimum absolute atomic E-state index is 0.255. The van der Waals surface area contributed by atoms with Crippen LogP contribution in [0.25, 0.3) is 0 Å². The monoisotopic (exact) mass is 248 g/mol. The van der Waals surface area contributed by atoms with Crippen LogP contribution in [0.4, 0.5) is 0 Å². The summed E-state index contributed by atoms with van der Waals surface area (Å²) in [7, 11) is 1.43. The highest BCUT2D eigenvalue weighted by Crippen LogP contribution is 2.42. The topological polar surface area (TPSA) is 26.3 Å². The number of allylic oxidation sites excluding steroid dienone is 5. The summed E-state index contributed by atoms with van der Waals surface area (Å²) in [6.45, 7) is 8.69. The standard InChI is InChI=1S/C16H24O2/c1-6-11-12(7-2)14(9-4)15(13(11)8-3)10-16(17)18-5/h10H,6-9H2,1-5H3. The zero-order chi connectivity index (χ0) is 13.7. The van der Waals surface area contributed by atoms with E-state index < -0.39 is 0 Å². The van der Waals surface area contributed by atoms with Gasteiger partial charge in [-0.2, -0.15) is 0 Å². The third-order valence-corrected chi connectivity index (χ3v) is 3.62. The van der Waals surface area contributed by atoms with Crippen LogP contribution in [0.1, 0.15) is 53.4 Å². The predicted octanol–water partition coefficient (Wildman–Crippen LogP) is 4.33. The van der Waals surface area contributed by atoms with Gasteiger partial charge in [0.25, 0.3) is 0 Å². The molecule has 0 aromatic carbocycles. The van der Waals surface area contributed by atoms with Gasteiger partial charge in [0.1, 0.15) is 0 Å². The minimum atomic E-state index is -0.255. The van der Waals surface area contributed by atoms with Gasteiger partial charge in [0.15, 0.2) is 0 Å². The third kappa shape index (κ3) is 2.58. The number of hydrogen-bond acceptors (Lipinski definition) is 2. The van der Waals surface area contributed by atoms with Crippen molar-refractivity contribution in [1.29, 1.82) is 0 Å². The molecule has 0 atom stereocenters. The molecule has 0 aromatic heterocycles. The predicted molar refractivity (Wildman–Crippen MR) is 75.3 cm³/mol. The first-order chi connectivity index (χ1) is 8.64. The molecule has 0 N–H and O–H groups in total. The lowest BCUT2D eigenvalue weighted by Crippen LogP contribution is -1.99. The van der Waals surface area contributed by atoms with Crippen LogP contribution in [-0.2, 0) is 9.53 Å². The summed E-state index contributed by atoms with van der Waals surface area (Å²) in [5.74, 6) is -0.255. The largest absolute Gasteiger partial charge is 0.466 e. The van der Waals surface area contributed by atoms with E-state index in [1.54, 1.807) is 6.08 Å². The molecule has 0 spiro atoms. The van der Waals surface area contributed by atoms with Gasteiger partial charge in [-0.05, 0) is 53.5 Å². The zero-order valence-corrected chi connectivity index (χ0v) is 12.2. The lowest BCUT2D eigenvalue weighted by molar-refractivity contribution is -0.134. The Bertz CT molecular complexity index is 392. The van der Waals surface area contributed by atoms with E-state index in [9.17, 15) is 4.79 Å². The van der Waals surface area contributed by atoms with Gasteiger partial charge < -0.3 is 4.74 Å². The van der Waals surface area contributed by atoms with Crippen LogP contribution >= 0.6 is 0 Å². The van der Waals surface area contributed by atoms with Crippen LogP contribution in [0.2, 0.25) is 0 Å². The summed E-state index contributed by atoms with van der Waals surface area (Å²) in [4.78, 5) is 11.5. The Morgan fingerprint density at radius 1 is 0.889 bits per heavy atom. The van der Waals surface area contributed by atoms with E-state index in [2.05, 4.69) is 27.7 Å². The maximum Gasteiger partial charge on any atom is 0.331 e. The van der Waals surface area contributed by atoms with Crippen LogP contribution < -0.4 is 0 Å². The Labute approximate surface area is 110 Å². The molecule has 0 heterocycles. The van der Waals surface area contributed by atoms with E-state index in [1.807, 2.05) is 0 Å². The fourth-order valence-electron chi connectivity index (χ4n) is 2.88. The first-order valence-electron chi connectivity index (χ1n) is 6.89. The smallest absolute Gasteiger partial charge is 0.331 e. The van der Waals surface area contributed by atoms with Crippen molar-refractivity contribution in [3.05, 3.63) is 33.9 Å². The van der Waals surface area contributed by atoms with Crippen molar-refractivity contribution in [2.45, 2.75) is 53.4 Å². The van der Waals surface area contributed by atoms with E-state index in [4.69, 9.17) is 4.74 Å². The van der Waals surface area contributed by atoms with Crippen molar-refractivity contribution >= 4 is 5.97 Å². The van der Waals surface area contributed by atoms with Crippen molar-refractivity contribution in [2.75, 3.05) is 7.11 Å². The molecule has 0 radical (unpaired) electrons. The van der Waals surface area contributed by atoms with Crippen LogP contribution in [0.3, 0.4) is 0 Å². The molecule has 1 rings (SSSR count). The molecule has 0 aromatic rings. The van der Waals surface area contributed by atoms with Gasteiger partial charge >= 0.3 is 5.97 Å². The normalized spacial score (nSPS) is 15.5. The maximum atomic E-state index is 11.5. The number of carbonyl (C=O) groups is 1. The molecule has 1 aliphatic carbocycles. The number of carbonyl (C=O) groups excluding carboxylic acids is 1. The number of ether oxygens (including phenoxy) is 1. The summed E-state index contributed by atoms with van der Waals surface area (Å²) in [6, 6.07) is 0. The average molecular weight is 248 g/mol. The Morgan fingerprint density at radius 2 is 1.28 bits per heavy atom. The molecule has 0 aliphatic heterocycles. The summed E-state index contributed by atoms with van der Waals surface area (Å²) in [6.07, 6.45) is 5.68. The molecule has 0 saturated carbocycles. The fourth-order valence-corrected chi connectivity index (χ4v) is 2.88. The highest BCUT2D eigenvalue weighted by atomic mass is 16.5. The number of hydrogen-bond donors (Lipinski definition) is 0. The molecule has 1 aliphatic rings. The van der Waals surface area contributed by atoms with E-state index in [-0.39, 0.29) is 5.97 Å².